The summed E-state index contributed by atoms with van der Waals surface area (Å²) in [5, 5.41) is 0. The monoisotopic (exact) mass is 1110 g/mol. The predicted octanol–water partition coefficient (Wildman–Crippen LogP) is 23.8. The standard InChI is InChI=1S/C74H130O6/c1-4-7-10-13-16-18-20-22-24-26-28-30-32-34-36-37-39-40-42-44-46-48-50-52-54-56-58-61-64-67-73(76)79-70-71(69-78-72(75)66-63-60-15-12-9-6-3)80-74(77)68-65-62-59-57-55-53-51-49-47-45-43-41-38-35-33-31-29-27-25-23-21-19-17-14-11-8-5-2/h7,10,16,18,22,24,28,30,34,36,39-40,44,46,71H,4-6,8-9,11-15,17,19-21,23,25-27,29,31-33,35,37-38,41-43,45,47-70H2,1-3H3/b10-7-,18-16-,24-22-,30-28-,36-34-,40-39-,46-44-. The maximum Gasteiger partial charge on any atom is 0.306 e. The number of esters is 3. The van der Waals surface area contributed by atoms with Gasteiger partial charge in [-0.1, -0.05) is 337 Å². The maximum absolute atomic E-state index is 12.9. The number of allylic oxidation sites excluding steroid dienone is 14. The lowest BCUT2D eigenvalue weighted by atomic mass is 10.0. The third-order valence-corrected chi connectivity index (χ3v) is 15.2. The summed E-state index contributed by atoms with van der Waals surface area (Å²) in [5.74, 6) is -0.882. The first-order chi connectivity index (χ1) is 39.5. The third kappa shape index (κ3) is 65.4. The van der Waals surface area contributed by atoms with Crippen molar-refractivity contribution in [3.8, 4) is 0 Å². The number of carbonyl (C=O) groups is 3. The second-order valence-corrected chi connectivity index (χ2v) is 23.1. The Morgan fingerprint density at radius 1 is 0.263 bits per heavy atom. The van der Waals surface area contributed by atoms with E-state index in [1.807, 2.05) is 0 Å². The lowest BCUT2D eigenvalue weighted by Crippen LogP contribution is -2.30. The summed E-state index contributed by atoms with van der Waals surface area (Å²) in [7, 11) is 0. The first kappa shape index (κ1) is 76.6. The van der Waals surface area contributed by atoms with Gasteiger partial charge in [0.25, 0.3) is 0 Å². The molecule has 462 valence electrons. The third-order valence-electron chi connectivity index (χ3n) is 15.2. The van der Waals surface area contributed by atoms with Crippen molar-refractivity contribution in [3.63, 3.8) is 0 Å². The van der Waals surface area contributed by atoms with E-state index in [-0.39, 0.29) is 31.1 Å². The Bertz CT molecular complexity index is 1520. The van der Waals surface area contributed by atoms with E-state index in [1.165, 1.54) is 199 Å². The summed E-state index contributed by atoms with van der Waals surface area (Å²) in [6.07, 6.45) is 90.8. The number of ether oxygens (including phenoxy) is 3. The van der Waals surface area contributed by atoms with Crippen LogP contribution in [0.1, 0.15) is 348 Å². The Morgan fingerprint density at radius 2 is 0.487 bits per heavy atom. The van der Waals surface area contributed by atoms with E-state index in [0.29, 0.717) is 19.3 Å². The van der Waals surface area contributed by atoms with Crippen molar-refractivity contribution in [3.05, 3.63) is 85.1 Å². The van der Waals surface area contributed by atoms with Gasteiger partial charge >= 0.3 is 17.9 Å². The molecule has 0 radical (unpaired) electrons. The highest BCUT2D eigenvalue weighted by atomic mass is 16.6. The summed E-state index contributed by atoms with van der Waals surface area (Å²) in [5.41, 5.74) is 0. The second kappa shape index (κ2) is 68.1. The summed E-state index contributed by atoms with van der Waals surface area (Å²) < 4.78 is 16.8. The zero-order valence-corrected chi connectivity index (χ0v) is 53.1. The van der Waals surface area contributed by atoms with Crippen molar-refractivity contribution >= 4 is 17.9 Å². The molecule has 0 rings (SSSR count). The average Bonchev–Trinajstić information content (AvgIpc) is 3.46. The van der Waals surface area contributed by atoms with Crippen LogP contribution >= 0.6 is 0 Å². The van der Waals surface area contributed by atoms with Crippen molar-refractivity contribution in [2.24, 2.45) is 0 Å². The topological polar surface area (TPSA) is 78.9 Å². The van der Waals surface area contributed by atoms with Gasteiger partial charge < -0.3 is 14.2 Å². The Balaban J connectivity index is 4.06. The average molecular weight is 1120 g/mol. The van der Waals surface area contributed by atoms with Crippen LogP contribution in [0.4, 0.5) is 0 Å². The normalized spacial score (nSPS) is 12.6. The molecule has 6 nitrogen and oxygen atoms in total. The minimum Gasteiger partial charge on any atom is -0.462 e. The Hall–Kier alpha value is -3.41. The van der Waals surface area contributed by atoms with E-state index in [0.717, 1.165) is 109 Å². The lowest BCUT2D eigenvalue weighted by molar-refractivity contribution is -0.167. The predicted molar refractivity (Wildman–Crippen MR) is 348 cm³/mol. The van der Waals surface area contributed by atoms with Gasteiger partial charge in [0, 0.05) is 19.3 Å². The summed E-state index contributed by atoms with van der Waals surface area (Å²) >= 11 is 0. The Labute approximate surface area is 496 Å². The molecule has 0 heterocycles. The molecule has 0 fully saturated rings. The summed E-state index contributed by atoms with van der Waals surface area (Å²) in [6, 6.07) is 0. The molecule has 0 N–H and O–H groups in total. The maximum atomic E-state index is 12.9. The van der Waals surface area contributed by atoms with Crippen LogP contribution in [0, 0.1) is 0 Å². The molecule has 1 atom stereocenters. The van der Waals surface area contributed by atoms with Crippen LogP contribution in [0.5, 0.6) is 0 Å². The van der Waals surface area contributed by atoms with E-state index >= 15 is 0 Å². The van der Waals surface area contributed by atoms with Crippen LogP contribution < -0.4 is 0 Å². The van der Waals surface area contributed by atoms with Gasteiger partial charge in [-0.25, -0.2) is 0 Å². The molecule has 0 saturated carbocycles. The number of hydrogen-bond donors (Lipinski definition) is 0. The smallest absolute Gasteiger partial charge is 0.306 e. The summed E-state index contributed by atoms with van der Waals surface area (Å²) in [6.45, 7) is 6.50. The van der Waals surface area contributed by atoms with Gasteiger partial charge in [-0.05, 0) is 77.0 Å². The van der Waals surface area contributed by atoms with Crippen LogP contribution in [-0.2, 0) is 28.6 Å². The molecule has 0 aliphatic carbocycles. The fourth-order valence-corrected chi connectivity index (χ4v) is 10.0. The fourth-order valence-electron chi connectivity index (χ4n) is 10.0. The second-order valence-electron chi connectivity index (χ2n) is 23.1. The van der Waals surface area contributed by atoms with Gasteiger partial charge in [0.2, 0.25) is 0 Å². The molecule has 0 aromatic carbocycles. The molecule has 1 unspecified atom stereocenters. The van der Waals surface area contributed by atoms with Crippen molar-refractivity contribution in [2.75, 3.05) is 13.2 Å². The molecule has 6 heteroatoms. The highest BCUT2D eigenvalue weighted by Gasteiger charge is 2.19. The van der Waals surface area contributed by atoms with Crippen LogP contribution in [0.3, 0.4) is 0 Å². The highest BCUT2D eigenvalue weighted by Crippen LogP contribution is 2.18. The Morgan fingerprint density at radius 3 is 0.762 bits per heavy atom. The molecule has 0 amide bonds. The number of hydrogen-bond acceptors (Lipinski definition) is 6. The van der Waals surface area contributed by atoms with Gasteiger partial charge in [0.15, 0.2) is 6.10 Å². The van der Waals surface area contributed by atoms with E-state index in [1.54, 1.807) is 0 Å². The summed E-state index contributed by atoms with van der Waals surface area (Å²) in [4.78, 5) is 38.1. The van der Waals surface area contributed by atoms with E-state index in [4.69, 9.17) is 14.2 Å². The van der Waals surface area contributed by atoms with Gasteiger partial charge in [-0.3, -0.25) is 14.4 Å². The highest BCUT2D eigenvalue weighted by molar-refractivity contribution is 5.71. The molecule has 0 aromatic rings. The lowest BCUT2D eigenvalue weighted by Gasteiger charge is -2.18. The van der Waals surface area contributed by atoms with Gasteiger partial charge in [0.1, 0.15) is 13.2 Å². The van der Waals surface area contributed by atoms with Gasteiger partial charge in [0.05, 0.1) is 0 Å². The molecular formula is C74H130O6. The van der Waals surface area contributed by atoms with Crippen molar-refractivity contribution in [2.45, 2.75) is 354 Å². The Kier molecular flexibility index (Phi) is 65.2. The zero-order chi connectivity index (χ0) is 57.8. The number of rotatable bonds is 63. The SMILES string of the molecule is CC/C=C\C/C=C\C/C=C\C/C=C\C/C=C\C/C=C\C/C=C\CCCCCCCCCC(=O)OCC(COC(=O)CCCCCCCC)OC(=O)CCCCCCCCCCCCCCCCCCCCCCCCCCCCC. The number of unbranched alkanes of at least 4 members (excludes halogenated alkanes) is 38. The molecular weight excluding hydrogens is 985 g/mol. The van der Waals surface area contributed by atoms with Crippen molar-refractivity contribution in [1.82, 2.24) is 0 Å². The molecule has 80 heavy (non-hydrogen) atoms. The van der Waals surface area contributed by atoms with Crippen LogP contribution in [0.15, 0.2) is 85.1 Å². The van der Waals surface area contributed by atoms with Crippen LogP contribution in [0.2, 0.25) is 0 Å². The van der Waals surface area contributed by atoms with Crippen LogP contribution in [-0.4, -0.2) is 37.2 Å². The minimum atomic E-state index is -0.777. The van der Waals surface area contributed by atoms with E-state index in [9.17, 15) is 14.4 Å². The largest absolute Gasteiger partial charge is 0.462 e. The quantitative estimate of drug-likeness (QED) is 0.0261. The molecule has 0 saturated heterocycles. The fraction of sp³-hybridized carbons (Fsp3) is 0.770. The van der Waals surface area contributed by atoms with Gasteiger partial charge in [-0.15, -0.1) is 0 Å². The van der Waals surface area contributed by atoms with Crippen molar-refractivity contribution < 1.29 is 28.6 Å². The van der Waals surface area contributed by atoms with E-state index < -0.39 is 6.10 Å². The first-order valence-corrected chi connectivity index (χ1v) is 34.6. The van der Waals surface area contributed by atoms with Gasteiger partial charge in [-0.2, -0.15) is 0 Å². The minimum absolute atomic E-state index is 0.0769. The molecule has 0 aliphatic rings. The molecule has 0 aromatic heterocycles. The first-order valence-electron chi connectivity index (χ1n) is 34.6. The molecule has 0 spiro atoms. The van der Waals surface area contributed by atoms with E-state index in [2.05, 4.69) is 106 Å². The molecule has 0 bridgehead atoms. The number of carbonyl (C=O) groups excluding carboxylic acids is 3. The van der Waals surface area contributed by atoms with Crippen molar-refractivity contribution in [1.29, 1.82) is 0 Å². The van der Waals surface area contributed by atoms with Crippen LogP contribution in [0.25, 0.3) is 0 Å². The molecule has 0 aliphatic heterocycles. The zero-order valence-electron chi connectivity index (χ0n) is 53.1.